The molecule has 0 aliphatic carbocycles. The van der Waals surface area contributed by atoms with Gasteiger partial charge in [0.1, 0.15) is 0 Å². The Balaban J connectivity index is 4.74. The highest BCUT2D eigenvalue weighted by Gasteiger charge is 2.33. The molecular weight excluding hydrogens is 259 g/mol. The number of phosphoric acid groups is 1. The summed E-state index contributed by atoms with van der Waals surface area (Å²) in [6.07, 6.45) is 0.610. The van der Waals surface area contributed by atoms with Crippen LogP contribution in [0.25, 0.3) is 0 Å². The Kier molecular flexibility index (Phi) is 8.93. The SMILES string of the molecule is C=CC[C@@H](OP(=O)(OCC)OCC)C(=O)OCC. The molecule has 7 heteroatoms. The lowest BCUT2D eigenvalue weighted by atomic mass is 10.2. The van der Waals surface area contributed by atoms with E-state index in [1.807, 2.05) is 0 Å². The largest absolute Gasteiger partial charge is 0.475 e. The summed E-state index contributed by atoms with van der Waals surface area (Å²) in [6, 6.07) is 0. The van der Waals surface area contributed by atoms with E-state index in [1.165, 1.54) is 6.08 Å². The van der Waals surface area contributed by atoms with Crippen LogP contribution in [-0.4, -0.2) is 31.9 Å². The minimum atomic E-state index is -3.73. The molecule has 0 rings (SSSR count). The Bertz CT molecular complexity index is 294. The van der Waals surface area contributed by atoms with Crippen molar-refractivity contribution < 1.29 is 27.7 Å². The summed E-state index contributed by atoms with van der Waals surface area (Å²) < 4.78 is 31.9. The second-order valence-electron chi connectivity index (χ2n) is 3.15. The normalized spacial score (nSPS) is 13.1. The molecular formula is C11H21O6P. The molecule has 0 aromatic heterocycles. The maximum Gasteiger partial charge on any atom is 0.475 e. The minimum Gasteiger partial charge on any atom is -0.464 e. The number of carbonyl (C=O) groups is 1. The summed E-state index contributed by atoms with van der Waals surface area (Å²) in [7, 11) is -3.73. The van der Waals surface area contributed by atoms with Crippen LogP contribution in [0.3, 0.4) is 0 Å². The summed E-state index contributed by atoms with van der Waals surface area (Å²) in [5.74, 6) is -0.614. The molecule has 0 amide bonds. The van der Waals surface area contributed by atoms with E-state index in [9.17, 15) is 9.36 Å². The maximum atomic E-state index is 12.1. The van der Waals surface area contributed by atoms with Gasteiger partial charge < -0.3 is 4.74 Å². The van der Waals surface area contributed by atoms with E-state index in [-0.39, 0.29) is 26.2 Å². The van der Waals surface area contributed by atoms with Crippen molar-refractivity contribution in [3.63, 3.8) is 0 Å². The first-order valence-corrected chi connectivity index (χ1v) is 7.34. The average molecular weight is 280 g/mol. The lowest BCUT2D eigenvalue weighted by Gasteiger charge is -2.21. The van der Waals surface area contributed by atoms with Crippen molar-refractivity contribution >= 4 is 13.8 Å². The van der Waals surface area contributed by atoms with Gasteiger partial charge in [-0.2, -0.15) is 0 Å². The molecule has 0 bridgehead atoms. The summed E-state index contributed by atoms with van der Waals surface area (Å²) in [5.41, 5.74) is 0. The fourth-order valence-corrected chi connectivity index (χ4v) is 2.45. The third-order valence-corrected chi connectivity index (χ3v) is 3.42. The van der Waals surface area contributed by atoms with Crippen LogP contribution < -0.4 is 0 Å². The van der Waals surface area contributed by atoms with Crippen LogP contribution in [-0.2, 0) is 27.7 Å². The summed E-state index contributed by atoms with van der Waals surface area (Å²) in [5, 5.41) is 0. The molecule has 0 fully saturated rings. The second-order valence-corrected chi connectivity index (χ2v) is 4.77. The van der Waals surface area contributed by atoms with Gasteiger partial charge in [0, 0.05) is 6.42 Å². The van der Waals surface area contributed by atoms with E-state index in [0.29, 0.717) is 0 Å². The first kappa shape index (κ1) is 17.3. The molecule has 0 heterocycles. The third-order valence-electron chi connectivity index (χ3n) is 1.76. The van der Waals surface area contributed by atoms with Gasteiger partial charge in [0.05, 0.1) is 19.8 Å². The Labute approximate surface area is 108 Å². The predicted molar refractivity (Wildman–Crippen MR) is 67.2 cm³/mol. The molecule has 0 unspecified atom stereocenters. The number of esters is 1. The quantitative estimate of drug-likeness (QED) is 0.348. The zero-order valence-electron chi connectivity index (χ0n) is 11.1. The van der Waals surface area contributed by atoms with Crippen molar-refractivity contribution in [2.24, 2.45) is 0 Å². The van der Waals surface area contributed by atoms with E-state index >= 15 is 0 Å². The highest BCUT2D eigenvalue weighted by Crippen LogP contribution is 2.50. The van der Waals surface area contributed by atoms with Gasteiger partial charge in [-0.1, -0.05) is 6.08 Å². The van der Waals surface area contributed by atoms with Gasteiger partial charge in [0.25, 0.3) is 0 Å². The Morgan fingerprint density at radius 3 is 2.17 bits per heavy atom. The third kappa shape index (κ3) is 6.31. The molecule has 106 valence electrons. The van der Waals surface area contributed by atoms with Crippen molar-refractivity contribution in [3.8, 4) is 0 Å². The molecule has 0 saturated carbocycles. The van der Waals surface area contributed by atoms with Crippen LogP contribution in [0.4, 0.5) is 0 Å². The monoisotopic (exact) mass is 280 g/mol. The number of carbonyl (C=O) groups excluding carboxylic acids is 1. The lowest BCUT2D eigenvalue weighted by molar-refractivity contribution is -0.152. The van der Waals surface area contributed by atoms with Gasteiger partial charge in [-0.05, 0) is 20.8 Å². The molecule has 0 spiro atoms. The molecule has 0 saturated heterocycles. The van der Waals surface area contributed by atoms with E-state index in [2.05, 4.69) is 6.58 Å². The fourth-order valence-electron chi connectivity index (χ4n) is 1.14. The molecule has 6 nitrogen and oxygen atoms in total. The zero-order valence-corrected chi connectivity index (χ0v) is 12.0. The van der Waals surface area contributed by atoms with Crippen molar-refractivity contribution in [2.75, 3.05) is 19.8 Å². The molecule has 1 atom stereocenters. The van der Waals surface area contributed by atoms with Crippen LogP contribution in [0.15, 0.2) is 12.7 Å². The van der Waals surface area contributed by atoms with Gasteiger partial charge in [-0.25, -0.2) is 9.36 Å². The van der Waals surface area contributed by atoms with Gasteiger partial charge in [0.15, 0.2) is 6.10 Å². The van der Waals surface area contributed by atoms with Gasteiger partial charge in [-0.15, -0.1) is 6.58 Å². The zero-order chi connectivity index (χ0) is 14.0. The smallest absolute Gasteiger partial charge is 0.464 e. The molecule has 0 aliphatic heterocycles. The van der Waals surface area contributed by atoms with Crippen molar-refractivity contribution in [2.45, 2.75) is 33.3 Å². The van der Waals surface area contributed by atoms with Crippen LogP contribution in [0.1, 0.15) is 27.2 Å². The summed E-state index contributed by atoms with van der Waals surface area (Å²) in [6.45, 7) is 9.01. The van der Waals surface area contributed by atoms with Crippen LogP contribution in [0.5, 0.6) is 0 Å². The molecule has 0 radical (unpaired) electrons. The van der Waals surface area contributed by atoms with Crippen LogP contribution in [0, 0.1) is 0 Å². The van der Waals surface area contributed by atoms with E-state index < -0.39 is 19.9 Å². The van der Waals surface area contributed by atoms with Crippen LogP contribution >= 0.6 is 7.82 Å². The van der Waals surface area contributed by atoms with Gasteiger partial charge in [0.2, 0.25) is 0 Å². The predicted octanol–water partition coefficient (Wildman–Crippen LogP) is 2.69. The number of hydrogen-bond donors (Lipinski definition) is 0. The van der Waals surface area contributed by atoms with E-state index in [1.54, 1.807) is 20.8 Å². The highest BCUT2D eigenvalue weighted by atomic mass is 31.2. The molecule has 0 aliphatic rings. The van der Waals surface area contributed by atoms with E-state index in [0.717, 1.165) is 0 Å². The average Bonchev–Trinajstić information content (AvgIpc) is 2.29. The van der Waals surface area contributed by atoms with Gasteiger partial charge in [-0.3, -0.25) is 13.6 Å². The Morgan fingerprint density at radius 2 is 1.78 bits per heavy atom. The standard InChI is InChI=1S/C11H21O6P/c1-5-9-10(11(12)14-6-2)17-18(13,15-7-3)16-8-4/h5,10H,1,6-9H2,2-4H3/t10-/m1/s1. The number of phosphoric ester groups is 1. The lowest BCUT2D eigenvalue weighted by Crippen LogP contribution is -2.26. The molecule has 18 heavy (non-hydrogen) atoms. The van der Waals surface area contributed by atoms with Crippen molar-refractivity contribution in [1.29, 1.82) is 0 Å². The summed E-state index contributed by atoms with van der Waals surface area (Å²) in [4.78, 5) is 11.6. The first-order valence-electron chi connectivity index (χ1n) is 5.88. The maximum absolute atomic E-state index is 12.1. The number of ether oxygens (including phenoxy) is 1. The number of rotatable bonds is 10. The topological polar surface area (TPSA) is 71.1 Å². The first-order chi connectivity index (χ1) is 8.52. The molecule has 0 N–H and O–H groups in total. The van der Waals surface area contributed by atoms with Gasteiger partial charge >= 0.3 is 13.8 Å². The summed E-state index contributed by atoms with van der Waals surface area (Å²) >= 11 is 0. The molecule has 0 aromatic rings. The van der Waals surface area contributed by atoms with E-state index in [4.69, 9.17) is 18.3 Å². The Morgan fingerprint density at radius 1 is 1.22 bits per heavy atom. The number of hydrogen-bond acceptors (Lipinski definition) is 6. The minimum absolute atomic E-state index is 0.154. The second kappa shape index (κ2) is 9.28. The Hall–Kier alpha value is -0.680. The van der Waals surface area contributed by atoms with Crippen molar-refractivity contribution in [1.82, 2.24) is 0 Å². The van der Waals surface area contributed by atoms with Crippen LogP contribution in [0.2, 0.25) is 0 Å². The fraction of sp³-hybridized carbons (Fsp3) is 0.727. The highest BCUT2D eigenvalue weighted by molar-refractivity contribution is 7.48. The van der Waals surface area contributed by atoms with Crippen molar-refractivity contribution in [3.05, 3.63) is 12.7 Å². The molecule has 0 aromatic carbocycles.